The lowest BCUT2D eigenvalue weighted by Crippen LogP contribution is -2.15. The molecule has 1 atom stereocenters. The monoisotopic (exact) mass is 193 g/mol. The predicted molar refractivity (Wildman–Crippen MR) is 58.6 cm³/mol. The third kappa shape index (κ3) is 10.7. The molecule has 0 rings (SSSR count). The summed E-state index contributed by atoms with van der Waals surface area (Å²) < 4.78 is 0. The molecule has 0 aliphatic carbocycles. The van der Waals surface area contributed by atoms with E-state index >= 15 is 0 Å². The van der Waals surface area contributed by atoms with Crippen LogP contribution in [0.2, 0.25) is 0 Å². The van der Waals surface area contributed by atoms with Crippen LogP contribution in [0.1, 0.15) is 20.3 Å². The van der Waals surface area contributed by atoms with Crippen LogP contribution in [0.5, 0.6) is 0 Å². The van der Waals surface area contributed by atoms with Gasteiger partial charge in [0.15, 0.2) is 0 Å². The van der Waals surface area contributed by atoms with Gasteiger partial charge in [-0.15, -0.1) is 0 Å². The molecule has 0 spiro atoms. The van der Waals surface area contributed by atoms with Crippen LogP contribution in [0.15, 0.2) is 0 Å². The highest BCUT2D eigenvalue weighted by Gasteiger charge is 1.93. The second-order valence-electron chi connectivity index (χ2n) is 2.58. The Kier molecular flexibility index (Phi) is 9.28. The van der Waals surface area contributed by atoms with Crippen LogP contribution in [-0.2, 0) is 0 Å². The number of rotatable bonds is 7. The second kappa shape index (κ2) is 8.75. The van der Waals surface area contributed by atoms with Crippen molar-refractivity contribution in [2.45, 2.75) is 26.3 Å². The molecule has 0 heterocycles. The van der Waals surface area contributed by atoms with Crippen molar-refractivity contribution in [3.8, 4) is 0 Å². The molecule has 11 heavy (non-hydrogen) atoms. The van der Waals surface area contributed by atoms with E-state index in [9.17, 15) is 0 Å². The maximum Gasteiger partial charge on any atom is 0.00235 e. The van der Waals surface area contributed by atoms with E-state index in [0.29, 0.717) is 6.04 Å². The van der Waals surface area contributed by atoms with E-state index in [1.807, 2.05) is 23.5 Å². The van der Waals surface area contributed by atoms with Crippen molar-refractivity contribution in [2.75, 3.05) is 23.0 Å². The number of hydrogen-bond acceptors (Lipinski definition) is 3. The van der Waals surface area contributed by atoms with Crippen LogP contribution in [0.25, 0.3) is 0 Å². The van der Waals surface area contributed by atoms with Gasteiger partial charge in [-0.2, -0.15) is 23.5 Å². The highest BCUT2D eigenvalue weighted by atomic mass is 32.2. The quantitative estimate of drug-likeness (QED) is 0.628. The van der Waals surface area contributed by atoms with E-state index in [2.05, 4.69) is 13.8 Å². The fraction of sp³-hybridized carbons (Fsp3) is 1.00. The van der Waals surface area contributed by atoms with E-state index in [1.54, 1.807) is 0 Å². The summed E-state index contributed by atoms with van der Waals surface area (Å²) in [4.78, 5) is 0. The minimum Gasteiger partial charge on any atom is -0.328 e. The van der Waals surface area contributed by atoms with Gasteiger partial charge in [-0.3, -0.25) is 0 Å². The molecule has 0 fully saturated rings. The van der Waals surface area contributed by atoms with Crippen molar-refractivity contribution in [3.63, 3.8) is 0 Å². The van der Waals surface area contributed by atoms with E-state index in [4.69, 9.17) is 5.73 Å². The van der Waals surface area contributed by atoms with E-state index in [1.165, 1.54) is 23.0 Å². The molecule has 0 aliphatic rings. The molecule has 1 unspecified atom stereocenters. The van der Waals surface area contributed by atoms with E-state index < -0.39 is 0 Å². The molecule has 0 aromatic heterocycles. The van der Waals surface area contributed by atoms with Crippen LogP contribution in [0.4, 0.5) is 0 Å². The lowest BCUT2D eigenvalue weighted by molar-refractivity contribution is 0.721. The van der Waals surface area contributed by atoms with Crippen LogP contribution >= 0.6 is 23.5 Å². The Morgan fingerprint density at radius 3 is 2.36 bits per heavy atom. The van der Waals surface area contributed by atoms with Crippen molar-refractivity contribution in [1.29, 1.82) is 0 Å². The highest BCUT2D eigenvalue weighted by Crippen LogP contribution is 2.08. The van der Waals surface area contributed by atoms with Crippen molar-refractivity contribution in [3.05, 3.63) is 0 Å². The van der Waals surface area contributed by atoms with Crippen LogP contribution in [0.3, 0.4) is 0 Å². The Morgan fingerprint density at radius 2 is 1.82 bits per heavy atom. The smallest absolute Gasteiger partial charge is 0.00235 e. The second-order valence-corrected chi connectivity index (χ2v) is 5.19. The minimum absolute atomic E-state index is 0.376. The Bertz CT molecular complexity index is 76.5. The summed E-state index contributed by atoms with van der Waals surface area (Å²) in [5.41, 5.74) is 5.61. The molecule has 0 saturated carbocycles. The zero-order chi connectivity index (χ0) is 8.53. The third-order valence-corrected chi connectivity index (χ3v) is 3.47. The summed E-state index contributed by atoms with van der Waals surface area (Å²) in [6.45, 7) is 4.28. The standard InChI is InChI=1S/C8H19NS2/c1-3-10-6-7-11-5-4-8(2)9/h8H,3-7,9H2,1-2H3. The molecule has 0 bridgehead atoms. The Morgan fingerprint density at radius 1 is 1.18 bits per heavy atom. The van der Waals surface area contributed by atoms with Crippen molar-refractivity contribution in [2.24, 2.45) is 5.73 Å². The maximum atomic E-state index is 5.61. The van der Waals surface area contributed by atoms with Gasteiger partial charge in [0.2, 0.25) is 0 Å². The normalized spacial score (nSPS) is 13.4. The molecular formula is C8H19NS2. The van der Waals surface area contributed by atoms with E-state index in [0.717, 1.165) is 6.42 Å². The Balaban J connectivity index is 2.80. The van der Waals surface area contributed by atoms with Crippen molar-refractivity contribution < 1.29 is 0 Å². The zero-order valence-electron chi connectivity index (χ0n) is 7.51. The number of hydrogen-bond donors (Lipinski definition) is 1. The molecule has 0 amide bonds. The first-order chi connectivity index (χ1) is 5.27. The fourth-order valence-electron chi connectivity index (χ4n) is 0.633. The number of nitrogens with two attached hydrogens (primary N) is 1. The zero-order valence-corrected chi connectivity index (χ0v) is 9.14. The van der Waals surface area contributed by atoms with Gasteiger partial charge in [0.05, 0.1) is 0 Å². The summed E-state index contributed by atoms with van der Waals surface area (Å²) in [5, 5.41) is 0. The topological polar surface area (TPSA) is 26.0 Å². The van der Waals surface area contributed by atoms with Gasteiger partial charge >= 0.3 is 0 Å². The Hall–Kier alpha value is 0.660. The average Bonchev–Trinajstić information content (AvgIpc) is 1.96. The highest BCUT2D eigenvalue weighted by molar-refractivity contribution is 8.02. The SMILES string of the molecule is CCSCCSCCC(C)N. The first-order valence-corrected chi connectivity index (χ1v) is 6.49. The van der Waals surface area contributed by atoms with Gasteiger partial charge in [0.25, 0.3) is 0 Å². The molecule has 0 radical (unpaired) electrons. The van der Waals surface area contributed by atoms with E-state index in [-0.39, 0.29) is 0 Å². The minimum atomic E-state index is 0.376. The average molecular weight is 193 g/mol. The molecule has 0 saturated heterocycles. The van der Waals surface area contributed by atoms with Gasteiger partial charge in [-0.1, -0.05) is 6.92 Å². The predicted octanol–water partition coefficient (Wildman–Crippen LogP) is 2.21. The van der Waals surface area contributed by atoms with Crippen molar-refractivity contribution in [1.82, 2.24) is 0 Å². The lowest BCUT2D eigenvalue weighted by atomic mass is 10.3. The first-order valence-electron chi connectivity index (χ1n) is 4.18. The summed E-state index contributed by atoms with van der Waals surface area (Å²) in [7, 11) is 0. The summed E-state index contributed by atoms with van der Waals surface area (Å²) >= 11 is 4.04. The molecule has 0 aromatic rings. The summed E-state index contributed by atoms with van der Waals surface area (Å²) in [6.07, 6.45) is 1.15. The lowest BCUT2D eigenvalue weighted by Gasteiger charge is -2.03. The number of thioether (sulfide) groups is 2. The molecule has 68 valence electrons. The molecular weight excluding hydrogens is 174 g/mol. The summed E-state index contributed by atoms with van der Waals surface area (Å²) in [6, 6.07) is 0.376. The van der Waals surface area contributed by atoms with Gasteiger partial charge in [0.1, 0.15) is 0 Å². The fourth-order valence-corrected chi connectivity index (χ4v) is 2.61. The Labute approximate surface area is 78.9 Å². The summed E-state index contributed by atoms with van der Waals surface area (Å²) in [5.74, 6) is 5.04. The maximum absolute atomic E-state index is 5.61. The first kappa shape index (κ1) is 11.7. The largest absolute Gasteiger partial charge is 0.328 e. The van der Waals surface area contributed by atoms with Gasteiger partial charge in [-0.05, 0) is 24.9 Å². The molecule has 1 nitrogen and oxygen atoms in total. The molecule has 0 aliphatic heterocycles. The van der Waals surface area contributed by atoms with Gasteiger partial charge in [0, 0.05) is 17.5 Å². The molecule has 3 heteroatoms. The van der Waals surface area contributed by atoms with Gasteiger partial charge in [-0.25, -0.2) is 0 Å². The van der Waals surface area contributed by atoms with Crippen LogP contribution < -0.4 is 5.73 Å². The van der Waals surface area contributed by atoms with Gasteiger partial charge < -0.3 is 5.73 Å². The molecule has 0 aromatic carbocycles. The van der Waals surface area contributed by atoms with Crippen LogP contribution in [0, 0.1) is 0 Å². The van der Waals surface area contributed by atoms with Crippen LogP contribution in [-0.4, -0.2) is 29.1 Å². The third-order valence-electron chi connectivity index (χ3n) is 1.29. The van der Waals surface area contributed by atoms with Crippen molar-refractivity contribution >= 4 is 23.5 Å². The molecule has 2 N–H and O–H groups in total.